The second-order valence-corrected chi connectivity index (χ2v) is 5.08. The Kier molecular flexibility index (Phi) is 3.47. The highest BCUT2D eigenvalue weighted by atomic mass is 79.9. The van der Waals surface area contributed by atoms with Crippen molar-refractivity contribution in [3.05, 3.63) is 27.1 Å². The maximum Gasteiger partial charge on any atom is 0.134 e. The molecular weight excluding hydrogens is 310 g/mol. The first-order valence-electron chi connectivity index (χ1n) is 4.58. The van der Waals surface area contributed by atoms with Gasteiger partial charge in [-0.3, -0.25) is 0 Å². The molecule has 4 heteroatoms. The molecule has 0 radical (unpaired) electrons. The second-order valence-electron chi connectivity index (χ2n) is 3.31. The summed E-state index contributed by atoms with van der Waals surface area (Å²) in [4.78, 5) is 0. The van der Waals surface area contributed by atoms with Crippen LogP contribution in [0.25, 0.3) is 0 Å². The summed E-state index contributed by atoms with van der Waals surface area (Å²) < 4.78 is 7.89. The fourth-order valence-electron chi connectivity index (χ4n) is 1.48. The van der Waals surface area contributed by atoms with E-state index >= 15 is 0 Å². The van der Waals surface area contributed by atoms with Crippen LogP contribution in [-0.4, -0.2) is 19.2 Å². The highest BCUT2D eigenvalue weighted by molar-refractivity contribution is 9.11. The molecule has 1 heterocycles. The van der Waals surface area contributed by atoms with Crippen LogP contribution in [0, 0.1) is 0 Å². The van der Waals surface area contributed by atoms with Crippen molar-refractivity contribution < 1.29 is 4.74 Å². The first-order chi connectivity index (χ1) is 6.75. The van der Waals surface area contributed by atoms with E-state index in [9.17, 15) is 0 Å². The summed E-state index contributed by atoms with van der Waals surface area (Å²) in [5.41, 5.74) is 0. The number of halogens is 2. The number of hydrogen-bond donors (Lipinski definition) is 1. The van der Waals surface area contributed by atoms with Gasteiger partial charge in [-0.15, -0.1) is 0 Å². The predicted molar refractivity (Wildman–Crippen MR) is 63.7 cm³/mol. The molecule has 1 N–H and O–H groups in total. The number of nitrogens with one attached hydrogen (secondary N) is 1. The van der Waals surface area contributed by atoms with Gasteiger partial charge >= 0.3 is 0 Å². The highest BCUT2D eigenvalue weighted by Crippen LogP contribution is 2.29. The molecule has 2 nitrogen and oxygen atoms in total. The molecule has 2 rings (SSSR count). The Morgan fingerprint density at radius 1 is 1.36 bits per heavy atom. The molecular formula is C10H11Br2NO. The minimum atomic E-state index is 0.312. The van der Waals surface area contributed by atoms with Crippen LogP contribution in [0.3, 0.4) is 0 Å². The van der Waals surface area contributed by atoms with Crippen LogP contribution in [0.1, 0.15) is 6.42 Å². The fourth-order valence-corrected chi connectivity index (χ4v) is 2.62. The van der Waals surface area contributed by atoms with Crippen LogP contribution < -0.4 is 10.1 Å². The Labute approximate surface area is 100 Å². The molecule has 0 spiro atoms. The van der Waals surface area contributed by atoms with Crippen molar-refractivity contribution in [3.8, 4) is 5.75 Å². The molecule has 0 bridgehead atoms. The van der Waals surface area contributed by atoms with Crippen LogP contribution in [0.15, 0.2) is 27.1 Å². The summed E-state index contributed by atoms with van der Waals surface area (Å²) in [5.74, 6) is 0.918. The van der Waals surface area contributed by atoms with Gasteiger partial charge in [-0.05, 0) is 47.1 Å². The van der Waals surface area contributed by atoms with Crippen molar-refractivity contribution in [2.24, 2.45) is 0 Å². The summed E-state index contributed by atoms with van der Waals surface area (Å²) >= 11 is 6.89. The van der Waals surface area contributed by atoms with E-state index in [1.54, 1.807) is 0 Å². The van der Waals surface area contributed by atoms with Gasteiger partial charge in [0.1, 0.15) is 11.9 Å². The maximum atomic E-state index is 5.83. The fraction of sp³-hybridized carbons (Fsp3) is 0.400. The van der Waals surface area contributed by atoms with Gasteiger partial charge in [0.2, 0.25) is 0 Å². The Balaban J connectivity index is 2.08. The molecule has 0 unspecified atom stereocenters. The summed E-state index contributed by atoms with van der Waals surface area (Å²) in [6.07, 6.45) is 1.40. The van der Waals surface area contributed by atoms with Crippen LogP contribution in [0.5, 0.6) is 5.75 Å². The lowest BCUT2D eigenvalue weighted by Crippen LogP contribution is -2.19. The van der Waals surface area contributed by atoms with Crippen molar-refractivity contribution in [3.63, 3.8) is 0 Å². The van der Waals surface area contributed by atoms with Crippen molar-refractivity contribution in [1.29, 1.82) is 0 Å². The van der Waals surface area contributed by atoms with Gasteiger partial charge in [-0.25, -0.2) is 0 Å². The van der Waals surface area contributed by atoms with E-state index < -0.39 is 0 Å². The average Bonchev–Trinajstić information content (AvgIpc) is 2.62. The van der Waals surface area contributed by atoms with Crippen molar-refractivity contribution in [2.75, 3.05) is 13.1 Å². The van der Waals surface area contributed by atoms with E-state index in [0.29, 0.717) is 6.10 Å². The average molecular weight is 321 g/mol. The van der Waals surface area contributed by atoms with Gasteiger partial charge in [0.05, 0.1) is 4.47 Å². The Bertz CT molecular complexity index is 324. The molecule has 1 fully saturated rings. The lowest BCUT2D eigenvalue weighted by Gasteiger charge is -2.13. The molecule has 0 saturated carbocycles. The Morgan fingerprint density at radius 2 is 2.21 bits per heavy atom. The summed E-state index contributed by atoms with van der Waals surface area (Å²) in [6, 6.07) is 5.96. The molecule has 0 aliphatic carbocycles. The van der Waals surface area contributed by atoms with Crippen molar-refractivity contribution in [2.45, 2.75) is 12.5 Å². The number of rotatable bonds is 2. The topological polar surface area (TPSA) is 21.3 Å². The largest absolute Gasteiger partial charge is 0.488 e. The van der Waals surface area contributed by atoms with E-state index in [-0.39, 0.29) is 0 Å². The molecule has 1 saturated heterocycles. The minimum Gasteiger partial charge on any atom is -0.488 e. The van der Waals surface area contributed by atoms with Gasteiger partial charge in [-0.1, -0.05) is 15.9 Å². The van der Waals surface area contributed by atoms with E-state index in [0.717, 1.165) is 34.2 Å². The third kappa shape index (κ3) is 2.49. The third-order valence-corrected chi connectivity index (χ3v) is 3.32. The standard InChI is InChI=1S/C10H11Br2NO/c11-7-1-2-10(9(12)5-7)14-8-3-4-13-6-8/h1-2,5,8,13H,3-4,6H2/t8-/m0/s1. The molecule has 1 atom stereocenters. The molecule has 1 aromatic carbocycles. The van der Waals surface area contributed by atoms with Crippen LogP contribution >= 0.6 is 31.9 Å². The van der Waals surface area contributed by atoms with Gasteiger partial charge in [0.15, 0.2) is 0 Å². The zero-order valence-corrected chi connectivity index (χ0v) is 10.8. The minimum absolute atomic E-state index is 0.312. The van der Waals surface area contributed by atoms with Crippen molar-refractivity contribution >= 4 is 31.9 Å². The predicted octanol–water partition coefficient (Wildman–Crippen LogP) is 2.95. The lowest BCUT2D eigenvalue weighted by molar-refractivity contribution is 0.221. The molecule has 1 aliphatic rings. The van der Waals surface area contributed by atoms with E-state index in [1.807, 2.05) is 18.2 Å². The van der Waals surface area contributed by atoms with Gasteiger partial charge in [0, 0.05) is 11.0 Å². The highest BCUT2D eigenvalue weighted by Gasteiger charge is 2.16. The number of hydrogen-bond acceptors (Lipinski definition) is 2. The summed E-state index contributed by atoms with van der Waals surface area (Å²) in [7, 11) is 0. The zero-order valence-electron chi connectivity index (χ0n) is 7.59. The zero-order chi connectivity index (χ0) is 9.97. The van der Waals surface area contributed by atoms with Gasteiger partial charge in [0.25, 0.3) is 0 Å². The first kappa shape index (κ1) is 10.5. The molecule has 76 valence electrons. The van der Waals surface area contributed by atoms with Crippen LogP contribution in [0.4, 0.5) is 0 Å². The second kappa shape index (κ2) is 4.64. The van der Waals surface area contributed by atoms with Crippen LogP contribution in [-0.2, 0) is 0 Å². The van der Waals surface area contributed by atoms with E-state index in [2.05, 4.69) is 37.2 Å². The Hall–Kier alpha value is -0.0600. The first-order valence-corrected chi connectivity index (χ1v) is 6.17. The normalized spacial score (nSPS) is 21.1. The van der Waals surface area contributed by atoms with Crippen molar-refractivity contribution in [1.82, 2.24) is 5.32 Å². The molecule has 1 aliphatic heterocycles. The maximum absolute atomic E-state index is 5.83. The Morgan fingerprint density at radius 3 is 2.86 bits per heavy atom. The van der Waals surface area contributed by atoms with E-state index in [1.165, 1.54) is 0 Å². The lowest BCUT2D eigenvalue weighted by atomic mass is 10.3. The number of benzene rings is 1. The number of ether oxygens (including phenoxy) is 1. The monoisotopic (exact) mass is 319 g/mol. The SMILES string of the molecule is Brc1ccc(O[C@H]2CCNC2)c(Br)c1. The van der Waals surface area contributed by atoms with E-state index in [4.69, 9.17) is 4.74 Å². The smallest absolute Gasteiger partial charge is 0.134 e. The molecule has 1 aromatic rings. The molecule has 0 amide bonds. The van der Waals surface area contributed by atoms with Crippen LogP contribution in [0.2, 0.25) is 0 Å². The molecule has 0 aromatic heterocycles. The summed E-state index contributed by atoms with van der Waals surface area (Å²) in [5, 5.41) is 3.27. The van der Waals surface area contributed by atoms with Gasteiger partial charge in [-0.2, -0.15) is 0 Å². The van der Waals surface area contributed by atoms with Gasteiger partial charge < -0.3 is 10.1 Å². The molecule has 14 heavy (non-hydrogen) atoms. The third-order valence-electron chi connectivity index (χ3n) is 2.20. The quantitative estimate of drug-likeness (QED) is 0.904. The summed E-state index contributed by atoms with van der Waals surface area (Å²) in [6.45, 7) is 2.00.